The van der Waals surface area contributed by atoms with Crippen LogP contribution < -0.4 is 5.56 Å². The summed E-state index contributed by atoms with van der Waals surface area (Å²) in [5.74, 6) is 1.08. The Morgan fingerprint density at radius 3 is 3.07 bits per heavy atom. The van der Waals surface area contributed by atoms with Gasteiger partial charge in [0.05, 0.1) is 0 Å². The Hall–Kier alpha value is -0.550. The van der Waals surface area contributed by atoms with E-state index in [1.807, 2.05) is 16.3 Å². The van der Waals surface area contributed by atoms with E-state index < -0.39 is 0 Å². The van der Waals surface area contributed by atoms with Crippen LogP contribution in [0.4, 0.5) is 0 Å². The molecule has 0 amide bonds. The van der Waals surface area contributed by atoms with Gasteiger partial charge in [-0.1, -0.05) is 6.92 Å². The van der Waals surface area contributed by atoms with Gasteiger partial charge in [0.25, 0.3) is 5.56 Å². The van der Waals surface area contributed by atoms with Crippen molar-refractivity contribution in [3.8, 4) is 0 Å². The van der Waals surface area contributed by atoms with Crippen LogP contribution in [-0.4, -0.2) is 20.6 Å². The number of nitrogens with one attached hydrogen (secondary N) is 1. The normalized spacial score (nSPS) is 26.6. The van der Waals surface area contributed by atoms with Gasteiger partial charge in [0.2, 0.25) is 0 Å². The molecular weight excluding hydrogens is 216 g/mol. The number of hydrogen-bond acceptors (Lipinski definition) is 3. The zero-order valence-electron chi connectivity index (χ0n) is 7.90. The standard InChI is InChI=1S/C9H12N2OS2/c1-6-4-7(5-14-6)11-3-2-8(12)10-9(11)13/h2-3,6-7H,4-5H2,1H3,(H,10,12,13). The van der Waals surface area contributed by atoms with Crippen LogP contribution >= 0.6 is 24.0 Å². The number of aromatic amines is 1. The van der Waals surface area contributed by atoms with Gasteiger partial charge >= 0.3 is 0 Å². The number of hydrogen-bond donors (Lipinski definition) is 1. The second-order valence-electron chi connectivity index (χ2n) is 3.55. The molecule has 0 bridgehead atoms. The first-order valence-corrected chi connectivity index (χ1v) is 6.05. The maximum Gasteiger partial charge on any atom is 0.251 e. The molecule has 3 nitrogen and oxygen atoms in total. The molecule has 5 heteroatoms. The summed E-state index contributed by atoms with van der Waals surface area (Å²) in [4.78, 5) is 13.6. The number of H-pyrrole nitrogens is 1. The molecule has 0 saturated carbocycles. The van der Waals surface area contributed by atoms with Crippen LogP contribution in [0, 0.1) is 4.77 Å². The van der Waals surface area contributed by atoms with Crippen LogP contribution in [-0.2, 0) is 0 Å². The smallest absolute Gasteiger partial charge is 0.251 e. The summed E-state index contributed by atoms with van der Waals surface area (Å²) >= 11 is 7.07. The summed E-state index contributed by atoms with van der Waals surface area (Å²) < 4.78 is 2.53. The number of thioether (sulfide) groups is 1. The van der Waals surface area contributed by atoms with Crippen molar-refractivity contribution >= 4 is 24.0 Å². The molecule has 2 rings (SSSR count). The molecule has 1 aromatic heterocycles. The lowest BCUT2D eigenvalue weighted by Crippen LogP contribution is -2.16. The van der Waals surface area contributed by atoms with E-state index in [0.717, 1.165) is 12.2 Å². The third-order valence-corrected chi connectivity index (χ3v) is 4.07. The highest BCUT2D eigenvalue weighted by Crippen LogP contribution is 2.33. The summed E-state index contributed by atoms with van der Waals surface area (Å²) in [5, 5.41) is 0.689. The van der Waals surface area contributed by atoms with Crippen molar-refractivity contribution in [2.45, 2.75) is 24.6 Å². The van der Waals surface area contributed by atoms with Gasteiger partial charge in [-0.2, -0.15) is 11.8 Å². The molecule has 76 valence electrons. The van der Waals surface area contributed by atoms with Crippen LogP contribution in [0.25, 0.3) is 0 Å². The van der Waals surface area contributed by atoms with E-state index in [1.165, 1.54) is 6.07 Å². The molecule has 1 fully saturated rings. The highest BCUT2D eigenvalue weighted by Gasteiger charge is 2.23. The van der Waals surface area contributed by atoms with E-state index >= 15 is 0 Å². The lowest BCUT2D eigenvalue weighted by atomic mass is 10.2. The van der Waals surface area contributed by atoms with Crippen LogP contribution in [0.5, 0.6) is 0 Å². The second-order valence-corrected chi connectivity index (χ2v) is 5.41. The zero-order valence-corrected chi connectivity index (χ0v) is 9.53. The molecule has 14 heavy (non-hydrogen) atoms. The molecule has 0 aliphatic carbocycles. The minimum absolute atomic E-state index is 0.120. The average Bonchev–Trinajstić information content (AvgIpc) is 2.51. The predicted molar refractivity (Wildman–Crippen MR) is 61.5 cm³/mol. The Kier molecular flexibility index (Phi) is 2.78. The Morgan fingerprint density at radius 1 is 1.71 bits per heavy atom. The topological polar surface area (TPSA) is 37.8 Å². The van der Waals surface area contributed by atoms with E-state index in [9.17, 15) is 4.79 Å². The van der Waals surface area contributed by atoms with Gasteiger partial charge in [0, 0.05) is 29.3 Å². The van der Waals surface area contributed by atoms with Crippen molar-refractivity contribution in [1.82, 2.24) is 9.55 Å². The summed E-state index contributed by atoms with van der Waals surface area (Å²) in [6.45, 7) is 2.22. The van der Waals surface area contributed by atoms with Gasteiger partial charge in [0.1, 0.15) is 0 Å². The van der Waals surface area contributed by atoms with Crippen LogP contribution in [0.3, 0.4) is 0 Å². The molecule has 0 spiro atoms. The molecule has 1 aliphatic heterocycles. The molecule has 2 atom stereocenters. The Morgan fingerprint density at radius 2 is 2.50 bits per heavy atom. The maximum atomic E-state index is 11.0. The van der Waals surface area contributed by atoms with Crippen molar-refractivity contribution < 1.29 is 0 Å². The number of rotatable bonds is 1. The highest BCUT2D eigenvalue weighted by molar-refractivity contribution is 8.00. The van der Waals surface area contributed by atoms with Crippen molar-refractivity contribution in [2.24, 2.45) is 0 Å². The fraction of sp³-hybridized carbons (Fsp3) is 0.556. The average molecular weight is 228 g/mol. The van der Waals surface area contributed by atoms with Crippen molar-refractivity contribution in [3.05, 3.63) is 27.4 Å². The molecule has 1 aromatic rings. The highest BCUT2D eigenvalue weighted by atomic mass is 32.2. The third-order valence-electron chi connectivity index (χ3n) is 2.42. The van der Waals surface area contributed by atoms with Gasteiger partial charge in [0.15, 0.2) is 4.77 Å². The molecular formula is C9H12N2OS2. The van der Waals surface area contributed by atoms with Gasteiger partial charge < -0.3 is 4.57 Å². The minimum Gasteiger partial charge on any atom is -0.321 e. The SMILES string of the molecule is CC1CC(n2ccc(=O)[nH]c2=S)CS1. The predicted octanol–water partition coefficient (Wildman–Crippen LogP) is 1.97. The molecule has 0 radical (unpaired) electrons. The second kappa shape index (κ2) is 3.90. The monoisotopic (exact) mass is 228 g/mol. The fourth-order valence-electron chi connectivity index (χ4n) is 1.70. The summed E-state index contributed by atoms with van der Waals surface area (Å²) in [6, 6.07) is 1.98. The van der Waals surface area contributed by atoms with Crippen LogP contribution in [0.2, 0.25) is 0 Å². The zero-order chi connectivity index (χ0) is 10.1. The largest absolute Gasteiger partial charge is 0.321 e. The van der Waals surface area contributed by atoms with Crippen molar-refractivity contribution in [3.63, 3.8) is 0 Å². The molecule has 2 unspecified atom stereocenters. The van der Waals surface area contributed by atoms with Gasteiger partial charge in [-0.25, -0.2) is 0 Å². The van der Waals surface area contributed by atoms with Gasteiger partial charge in [-0.05, 0) is 18.6 Å². The Bertz CT molecular complexity index is 437. The van der Waals surface area contributed by atoms with Gasteiger partial charge in [-0.15, -0.1) is 0 Å². The minimum atomic E-state index is -0.120. The van der Waals surface area contributed by atoms with E-state index in [-0.39, 0.29) is 5.56 Å². The molecule has 1 aliphatic rings. The van der Waals surface area contributed by atoms with E-state index in [4.69, 9.17) is 12.2 Å². The molecule has 1 saturated heterocycles. The maximum absolute atomic E-state index is 11.0. The molecule has 1 N–H and O–H groups in total. The molecule has 0 aromatic carbocycles. The summed E-state index contributed by atoms with van der Waals surface area (Å²) in [7, 11) is 0. The van der Waals surface area contributed by atoms with Crippen LogP contribution in [0.15, 0.2) is 17.1 Å². The first kappa shape index (κ1) is 9.98. The number of aromatic nitrogens is 2. The lowest BCUT2D eigenvalue weighted by Gasteiger charge is -2.12. The fourth-order valence-corrected chi connectivity index (χ4v) is 3.22. The van der Waals surface area contributed by atoms with Crippen molar-refractivity contribution in [2.75, 3.05) is 5.75 Å². The first-order chi connectivity index (χ1) is 6.66. The van der Waals surface area contributed by atoms with E-state index in [1.54, 1.807) is 6.20 Å². The number of nitrogens with zero attached hydrogens (tertiary/aromatic N) is 1. The summed E-state index contributed by atoms with van der Waals surface area (Å²) in [6.07, 6.45) is 2.93. The third kappa shape index (κ3) is 1.93. The first-order valence-electron chi connectivity index (χ1n) is 4.60. The Labute approximate surface area is 91.5 Å². The molecule has 2 heterocycles. The quantitative estimate of drug-likeness (QED) is 0.747. The van der Waals surface area contributed by atoms with Crippen LogP contribution in [0.1, 0.15) is 19.4 Å². The lowest BCUT2D eigenvalue weighted by molar-refractivity contribution is 0.518. The summed E-state index contributed by atoms with van der Waals surface area (Å²) in [5.41, 5.74) is -0.120. The van der Waals surface area contributed by atoms with E-state index in [2.05, 4.69) is 11.9 Å². The van der Waals surface area contributed by atoms with Gasteiger partial charge in [-0.3, -0.25) is 9.78 Å². The van der Waals surface area contributed by atoms with E-state index in [0.29, 0.717) is 16.1 Å². The van der Waals surface area contributed by atoms with Crippen molar-refractivity contribution in [1.29, 1.82) is 0 Å². The Balaban J connectivity index is 2.33.